The minimum absolute atomic E-state index is 0.0117. The van der Waals surface area contributed by atoms with E-state index < -0.39 is 90.3 Å². The molecule has 65 heavy (non-hydrogen) atoms. The Morgan fingerprint density at radius 3 is 2.28 bits per heavy atom. The fraction of sp³-hybridized carbons (Fsp3) is 0.745. The van der Waals surface area contributed by atoms with E-state index in [1.165, 1.54) is 4.90 Å². The van der Waals surface area contributed by atoms with Crippen molar-refractivity contribution >= 4 is 29.2 Å². The molecule has 0 spiro atoms. The molecular formula is C51H79NO13. The zero-order valence-corrected chi connectivity index (χ0v) is 40.1. The molecule has 14 heteroatoms. The van der Waals surface area contributed by atoms with Crippen LogP contribution < -0.4 is 0 Å². The van der Waals surface area contributed by atoms with E-state index in [0.29, 0.717) is 69.8 Å². The third kappa shape index (κ3) is 14.3. The van der Waals surface area contributed by atoms with Gasteiger partial charge in [0.15, 0.2) is 0 Å². The number of carbonyl (C=O) groups is 5. The normalized spacial score (nSPS) is 39.1. The first kappa shape index (κ1) is 54.2. The number of nitrogens with zero attached hydrogens (tertiary/aromatic N) is 1. The van der Waals surface area contributed by atoms with E-state index in [2.05, 4.69) is 0 Å². The fourth-order valence-corrected chi connectivity index (χ4v) is 10.3. The Morgan fingerprint density at radius 1 is 0.877 bits per heavy atom. The van der Waals surface area contributed by atoms with Crippen molar-refractivity contribution in [1.82, 2.24) is 4.90 Å². The summed E-state index contributed by atoms with van der Waals surface area (Å²) < 4.78 is 18.2. The van der Waals surface area contributed by atoms with Gasteiger partial charge in [-0.1, -0.05) is 71.1 Å². The Morgan fingerprint density at radius 2 is 1.60 bits per heavy atom. The van der Waals surface area contributed by atoms with Crippen LogP contribution in [0.2, 0.25) is 0 Å². The molecule has 15 atom stereocenters. The van der Waals surface area contributed by atoms with Gasteiger partial charge in [0.05, 0.1) is 36.9 Å². The standard InChI is InChI=1S/C51H79NO13/c1-30-14-10-9-11-15-31(2)44(63-8)26-39-19-17-36(7)51(62,65-39)48(59)49(60)52-21-13-12-16-41(52)50(61)64-45(33(4)24-37-18-20-42(55)38(25-37)28-53)27-43(56)32(3)23-35(6)47(58)40(29-54)46(57)34(5)22-30/h9-11,14-15,23,30,32-34,36-42,44-45,47,53-55,58,62H,12-13,16-22,24-29H2,1-8H3/b11-9?,14-10+,31-15?,35-23+/t30-,32-,33-,34-,36-,37+,38+,39+,40+,41+,42-,44+,45+,47-,51-/m1/s1. The van der Waals surface area contributed by atoms with Gasteiger partial charge in [-0.3, -0.25) is 19.2 Å². The summed E-state index contributed by atoms with van der Waals surface area (Å²) in [5, 5.41) is 54.0. The summed E-state index contributed by atoms with van der Waals surface area (Å²) in [4.78, 5) is 71.6. The van der Waals surface area contributed by atoms with E-state index in [9.17, 15) is 49.5 Å². The van der Waals surface area contributed by atoms with E-state index in [4.69, 9.17) is 14.2 Å². The number of amides is 1. The molecular weight excluding hydrogens is 835 g/mol. The molecule has 0 radical (unpaired) electrons. The summed E-state index contributed by atoms with van der Waals surface area (Å²) in [5.41, 5.74) is 1.21. The molecule has 2 saturated heterocycles. The zero-order chi connectivity index (χ0) is 48.2. The van der Waals surface area contributed by atoms with Gasteiger partial charge in [0.25, 0.3) is 11.7 Å². The topological polar surface area (TPSA) is 217 Å². The second-order valence-electron chi connectivity index (χ2n) is 19.9. The SMILES string of the molecule is CO[C@H]1C[C@@H]2CC[C@@H](C)[C@@](O)(O2)C(=O)C(=O)N2CCCC[C@H]2C(=O)O[C@H]([C@H](C)C[C@@H]2CC[C@@H](O)[C@H](CO)C2)CC(=O)[C@H](C)/C=C(\C)[C@@H](O)[C@@H](CO)C(=O)[C@H](C)C[C@H](C)/C=C/C=CC=C1C. The Bertz CT molecular complexity index is 1760. The van der Waals surface area contributed by atoms with E-state index in [-0.39, 0.29) is 61.2 Å². The molecule has 1 saturated carbocycles. The Hall–Kier alpha value is -3.37. The number of allylic oxidation sites excluding steroid dienone is 6. The van der Waals surface area contributed by atoms with Crippen LogP contribution in [0.1, 0.15) is 126 Å². The first-order valence-corrected chi connectivity index (χ1v) is 24.1. The average molecular weight is 914 g/mol. The molecule has 3 fully saturated rings. The van der Waals surface area contributed by atoms with Crippen LogP contribution >= 0.6 is 0 Å². The molecule has 14 nitrogen and oxygen atoms in total. The average Bonchev–Trinajstić information content (AvgIpc) is 3.28. The predicted molar refractivity (Wildman–Crippen MR) is 245 cm³/mol. The van der Waals surface area contributed by atoms with E-state index in [1.807, 2.05) is 51.2 Å². The van der Waals surface area contributed by atoms with Gasteiger partial charge < -0.3 is 44.6 Å². The third-order valence-electron chi connectivity index (χ3n) is 14.7. The minimum Gasteiger partial charge on any atom is -0.460 e. The van der Waals surface area contributed by atoms with Crippen LogP contribution in [-0.4, -0.2) is 129 Å². The van der Waals surface area contributed by atoms with Crippen LogP contribution in [0, 0.1) is 47.3 Å². The number of rotatable bonds is 6. The lowest BCUT2D eigenvalue weighted by molar-refractivity contribution is -0.265. The summed E-state index contributed by atoms with van der Waals surface area (Å²) in [7, 11) is 1.57. The first-order valence-electron chi connectivity index (χ1n) is 24.1. The Balaban J connectivity index is 1.70. The summed E-state index contributed by atoms with van der Waals surface area (Å²) >= 11 is 0. The molecule has 0 aromatic rings. The highest BCUT2D eigenvalue weighted by Crippen LogP contribution is 2.38. The maximum Gasteiger partial charge on any atom is 0.329 e. The first-order chi connectivity index (χ1) is 30.7. The lowest BCUT2D eigenvalue weighted by Gasteiger charge is -2.42. The van der Waals surface area contributed by atoms with Gasteiger partial charge in [-0.05, 0) is 107 Å². The number of ketones is 3. The number of carbonyl (C=O) groups excluding carboxylic acids is 5. The number of hydrogen-bond donors (Lipinski definition) is 5. The van der Waals surface area contributed by atoms with Gasteiger partial charge in [0, 0.05) is 56.8 Å². The van der Waals surface area contributed by atoms with Crippen LogP contribution in [0.3, 0.4) is 0 Å². The Labute approximate surface area is 386 Å². The number of hydrogen-bond acceptors (Lipinski definition) is 13. The molecule has 0 unspecified atom stereocenters. The van der Waals surface area contributed by atoms with Crippen molar-refractivity contribution in [3.8, 4) is 0 Å². The second kappa shape index (κ2) is 25.1. The number of fused-ring (bicyclic) bond motifs is 3. The highest BCUT2D eigenvalue weighted by Gasteiger charge is 2.53. The van der Waals surface area contributed by atoms with Gasteiger partial charge >= 0.3 is 5.97 Å². The number of esters is 1. The van der Waals surface area contributed by atoms with Crippen molar-refractivity contribution in [2.24, 2.45) is 47.3 Å². The molecule has 3 heterocycles. The molecule has 0 aromatic heterocycles. The fourth-order valence-electron chi connectivity index (χ4n) is 10.3. The Kier molecular flexibility index (Phi) is 21.0. The van der Waals surface area contributed by atoms with Crippen LogP contribution in [0.5, 0.6) is 0 Å². The van der Waals surface area contributed by atoms with Crippen LogP contribution in [-0.2, 0) is 38.2 Å². The number of aliphatic hydroxyl groups excluding tert-OH is 4. The number of methoxy groups -OCH3 is 1. The van der Waals surface area contributed by atoms with Gasteiger partial charge in [-0.25, -0.2) is 4.79 Å². The van der Waals surface area contributed by atoms with Gasteiger partial charge in [-0.2, -0.15) is 0 Å². The summed E-state index contributed by atoms with van der Waals surface area (Å²) in [5.74, 6) is -9.71. The molecule has 0 aromatic carbocycles. The quantitative estimate of drug-likeness (QED) is 0.129. The number of ether oxygens (including phenoxy) is 3. The monoisotopic (exact) mass is 914 g/mol. The van der Waals surface area contributed by atoms with Crippen molar-refractivity contribution < 1.29 is 63.7 Å². The van der Waals surface area contributed by atoms with Gasteiger partial charge in [-0.15, -0.1) is 0 Å². The smallest absolute Gasteiger partial charge is 0.329 e. The predicted octanol–water partition coefficient (Wildman–Crippen LogP) is 5.37. The maximum atomic E-state index is 14.3. The molecule has 3 aliphatic heterocycles. The van der Waals surface area contributed by atoms with Crippen molar-refractivity contribution in [2.45, 2.75) is 168 Å². The molecule has 366 valence electrons. The number of piperidine rings is 1. The van der Waals surface area contributed by atoms with Crippen molar-refractivity contribution in [2.75, 3.05) is 26.9 Å². The van der Waals surface area contributed by atoms with E-state index in [0.717, 1.165) is 5.57 Å². The molecule has 2 bridgehead atoms. The number of Topliss-reactive ketones (excluding diaryl/α,β-unsaturated/α-hetero) is 3. The maximum absolute atomic E-state index is 14.3. The van der Waals surface area contributed by atoms with Crippen molar-refractivity contribution in [1.29, 1.82) is 0 Å². The van der Waals surface area contributed by atoms with Crippen LogP contribution in [0.25, 0.3) is 0 Å². The minimum atomic E-state index is -2.44. The number of cyclic esters (lactones) is 1. The van der Waals surface area contributed by atoms with E-state index >= 15 is 0 Å². The van der Waals surface area contributed by atoms with E-state index in [1.54, 1.807) is 40.9 Å². The molecule has 1 aliphatic carbocycles. The van der Waals surface area contributed by atoms with Gasteiger partial charge in [0.1, 0.15) is 23.7 Å². The lowest BCUT2D eigenvalue weighted by atomic mass is 9.75. The van der Waals surface area contributed by atoms with Crippen molar-refractivity contribution in [3.05, 3.63) is 47.6 Å². The molecule has 4 aliphatic rings. The van der Waals surface area contributed by atoms with Crippen molar-refractivity contribution in [3.63, 3.8) is 0 Å². The van der Waals surface area contributed by atoms with Crippen LogP contribution in [0.4, 0.5) is 0 Å². The second-order valence-corrected chi connectivity index (χ2v) is 19.9. The van der Waals surface area contributed by atoms with Crippen LogP contribution in [0.15, 0.2) is 47.6 Å². The summed E-state index contributed by atoms with van der Waals surface area (Å²) in [6.07, 6.45) is 12.1. The summed E-state index contributed by atoms with van der Waals surface area (Å²) in [6.45, 7) is 11.8. The summed E-state index contributed by atoms with van der Waals surface area (Å²) in [6, 6.07) is -1.16. The number of aliphatic hydroxyl groups is 5. The lowest BCUT2D eigenvalue weighted by Crippen LogP contribution is -2.61. The largest absolute Gasteiger partial charge is 0.460 e. The highest BCUT2D eigenvalue weighted by molar-refractivity contribution is 6.39. The molecule has 1 amide bonds. The zero-order valence-electron chi connectivity index (χ0n) is 40.1. The molecule has 4 rings (SSSR count). The van der Waals surface area contributed by atoms with Gasteiger partial charge in [0.2, 0.25) is 5.79 Å². The third-order valence-corrected chi connectivity index (χ3v) is 14.7. The highest BCUT2D eigenvalue weighted by atomic mass is 16.6. The molecule has 5 N–H and O–H groups in total.